The average Bonchev–Trinajstić information content (AvgIpc) is 2.61. The maximum atomic E-state index is 11.6. The molecule has 1 heterocycles. The van der Waals surface area contributed by atoms with Gasteiger partial charge in [0.25, 0.3) is 5.91 Å². The van der Waals surface area contributed by atoms with Gasteiger partial charge >= 0.3 is 5.97 Å². The number of nitrogens with one attached hydrogen (secondary N) is 1. The molecule has 1 rings (SSSR count). The van der Waals surface area contributed by atoms with Crippen LogP contribution in [0.1, 0.15) is 35.9 Å². The molecule has 0 aliphatic heterocycles. The number of furan rings is 1. The van der Waals surface area contributed by atoms with Crippen molar-refractivity contribution >= 4 is 11.9 Å². The molecular weight excluding hydrogens is 210 g/mol. The van der Waals surface area contributed by atoms with Gasteiger partial charge in [0.05, 0.1) is 6.26 Å². The predicted octanol–water partition coefficient (Wildman–Crippen LogP) is 1.57. The van der Waals surface area contributed by atoms with E-state index >= 15 is 0 Å². The topological polar surface area (TPSA) is 79.5 Å². The smallest absolute Gasteiger partial charge is 0.303 e. The number of carboxylic acids is 1. The molecular formula is C11H15NO4. The number of rotatable bonds is 5. The highest BCUT2D eigenvalue weighted by Gasteiger charge is 2.15. The Hall–Kier alpha value is -1.78. The van der Waals surface area contributed by atoms with E-state index in [1.807, 2.05) is 0 Å². The lowest BCUT2D eigenvalue weighted by Gasteiger charge is -2.11. The lowest BCUT2D eigenvalue weighted by molar-refractivity contribution is -0.137. The van der Waals surface area contributed by atoms with E-state index in [1.54, 1.807) is 19.9 Å². The lowest BCUT2D eigenvalue weighted by Crippen LogP contribution is -2.33. The van der Waals surface area contributed by atoms with Gasteiger partial charge in [-0.1, -0.05) is 0 Å². The Balaban J connectivity index is 2.46. The zero-order chi connectivity index (χ0) is 12.1. The van der Waals surface area contributed by atoms with Gasteiger partial charge in [-0.3, -0.25) is 9.59 Å². The van der Waals surface area contributed by atoms with E-state index in [0.717, 1.165) is 5.56 Å². The molecule has 0 spiro atoms. The molecule has 0 aromatic carbocycles. The van der Waals surface area contributed by atoms with Crippen LogP contribution in [0.2, 0.25) is 0 Å². The summed E-state index contributed by atoms with van der Waals surface area (Å²) in [5.74, 6) is -0.891. The number of carbonyl (C=O) groups is 2. The second kappa shape index (κ2) is 5.34. The maximum Gasteiger partial charge on any atom is 0.303 e. The minimum absolute atomic E-state index is 0.0403. The zero-order valence-corrected chi connectivity index (χ0v) is 9.32. The average molecular weight is 225 g/mol. The van der Waals surface area contributed by atoms with E-state index in [4.69, 9.17) is 9.52 Å². The molecule has 88 valence electrons. The Morgan fingerprint density at radius 2 is 2.25 bits per heavy atom. The van der Waals surface area contributed by atoms with E-state index in [1.165, 1.54) is 6.26 Å². The molecule has 0 aliphatic rings. The standard InChI is InChI=1S/C11H15NO4/c1-7-5-6-16-10(7)11(15)12-8(2)3-4-9(13)14/h5-6,8H,3-4H2,1-2H3,(H,12,15)(H,13,14). The van der Waals surface area contributed by atoms with E-state index in [9.17, 15) is 9.59 Å². The van der Waals surface area contributed by atoms with Crippen LogP contribution in [0.5, 0.6) is 0 Å². The summed E-state index contributed by atoms with van der Waals surface area (Å²) in [5.41, 5.74) is 0.767. The summed E-state index contributed by atoms with van der Waals surface area (Å²) < 4.78 is 5.02. The van der Waals surface area contributed by atoms with Crippen LogP contribution < -0.4 is 5.32 Å². The third-order valence-corrected chi connectivity index (χ3v) is 2.24. The number of hydrogen-bond donors (Lipinski definition) is 2. The molecule has 0 radical (unpaired) electrons. The minimum Gasteiger partial charge on any atom is -0.481 e. The fraction of sp³-hybridized carbons (Fsp3) is 0.455. The number of aliphatic carboxylic acids is 1. The highest BCUT2D eigenvalue weighted by atomic mass is 16.4. The number of carbonyl (C=O) groups excluding carboxylic acids is 1. The molecule has 1 aromatic rings. The summed E-state index contributed by atoms with van der Waals surface area (Å²) in [6.07, 6.45) is 1.89. The van der Waals surface area contributed by atoms with Gasteiger partial charge in [0.15, 0.2) is 5.76 Å². The van der Waals surface area contributed by atoms with Gasteiger partial charge in [0.2, 0.25) is 0 Å². The third kappa shape index (κ3) is 3.42. The van der Waals surface area contributed by atoms with Crippen LogP contribution in [-0.2, 0) is 4.79 Å². The van der Waals surface area contributed by atoms with E-state index in [2.05, 4.69) is 5.32 Å². The number of aryl methyl sites for hydroxylation is 1. The van der Waals surface area contributed by atoms with Crippen molar-refractivity contribution in [3.05, 3.63) is 23.7 Å². The molecule has 0 aliphatic carbocycles. The first-order chi connectivity index (χ1) is 7.50. The molecule has 0 bridgehead atoms. The van der Waals surface area contributed by atoms with Crippen molar-refractivity contribution in [1.82, 2.24) is 5.32 Å². The number of amides is 1. The highest BCUT2D eigenvalue weighted by molar-refractivity contribution is 5.92. The Morgan fingerprint density at radius 3 is 2.75 bits per heavy atom. The first kappa shape index (κ1) is 12.3. The lowest BCUT2D eigenvalue weighted by atomic mass is 10.1. The van der Waals surface area contributed by atoms with Crippen molar-refractivity contribution in [2.24, 2.45) is 0 Å². The molecule has 0 saturated carbocycles. The second-order valence-corrected chi connectivity index (χ2v) is 3.74. The van der Waals surface area contributed by atoms with Crippen LogP contribution in [0.15, 0.2) is 16.7 Å². The SMILES string of the molecule is Cc1ccoc1C(=O)NC(C)CCC(=O)O. The molecule has 1 atom stereocenters. The van der Waals surface area contributed by atoms with E-state index < -0.39 is 5.97 Å². The first-order valence-electron chi connectivity index (χ1n) is 5.07. The summed E-state index contributed by atoms with van der Waals surface area (Å²) in [7, 11) is 0. The van der Waals surface area contributed by atoms with Crippen molar-refractivity contribution in [2.45, 2.75) is 32.7 Å². The Kier molecular flexibility index (Phi) is 4.10. The normalized spacial score (nSPS) is 12.1. The molecule has 1 aromatic heterocycles. The highest BCUT2D eigenvalue weighted by Crippen LogP contribution is 2.09. The predicted molar refractivity (Wildman–Crippen MR) is 57.2 cm³/mol. The third-order valence-electron chi connectivity index (χ3n) is 2.24. The molecule has 16 heavy (non-hydrogen) atoms. The molecule has 1 unspecified atom stereocenters. The van der Waals surface area contributed by atoms with Crippen LogP contribution in [0.3, 0.4) is 0 Å². The van der Waals surface area contributed by atoms with Crippen molar-refractivity contribution in [2.75, 3.05) is 0 Å². The van der Waals surface area contributed by atoms with Gasteiger partial charge in [0.1, 0.15) is 0 Å². The van der Waals surface area contributed by atoms with Gasteiger partial charge in [-0.15, -0.1) is 0 Å². The summed E-state index contributed by atoms with van der Waals surface area (Å²) in [4.78, 5) is 22.0. The molecule has 1 amide bonds. The Morgan fingerprint density at radius 1 is 1.56 bits per heavy atom. The van der Waals surface area contributed by atoms with E-state index in [-0.39, 0.29) is 24.1 Å². The first-order valence-corrected chi connectivity index (χ1v) is 5.07. The number of carboxylic acid groups (broad SMARTS) is 1. The van der Waals surface area contributed by atoms with Crippen LogP contribution >= 0.6 is 0 Å². The van der Waals surface area contributed by atoms with Crippen LogP contribution in [-0.4, -0.2) is 23.0 Å². The van der Waals surface area contributed by atoms with Crippen LogP contribution in [0, 0.1) is 6.92 Å². The quantitative estimate of drug-likeness (QED) is 0.797. The fourth-order valence-corrected chi connectivity index (χ4v) is 1.31. The van der Waals surface area contributed by atoms with Gasteiger partial charge in [-0.05, 0) is 26.3 Å². The number of hydrogen-bond acceptors (Lipinski definition) is 3. The summed E-state index contributed by atoms with van der Waals surface area (Å²) in [6.45, 7) is 3.54. The second-order valence-electron chi connectivity index (χ2n) is 3.74. The summed E-state index contributed by atoms with van der Waals surface area (Å²) >= 11 is 0. The summed E-state index contributed by atoms with van der Waals surface area (Å²) in [6, 6.07) is 1.52. The van der Waals surface area contributed by atoms with E-state index in [0.29, 0.717) is 6.42 Å². The van der Waals surface area contributed by atoms with Crippen molar-refractivity contribution in [1.29, 1.82) is 0 Å². The molecule has 5 heteroatoms. The largest absolute Gasteiger partial charge is 0.481 e. The molecule has 0 fully saturated rings. The summed E-state index contributed by atoms with van der Waals surface area (Å²) in [5, 5.41) is 11.2. The van der Waals surface area contributed by atoms with Crippen molar-refractivity contribution in [3.63, 3.8) is 0 Å². The van der Waals surface area contributed by atoms with Crippen molar-refractivity contribution in [3.8, 4) is 0 Å². The minimum atomic E-state index is -0.865. The van der Waals surface area contributed by atoms with Gasteiger partial charge in [0, 0.05) is 18.0 Å². The maximum absolute atomic E-state index is 11.6. The molecule has 5 nitrogen and oxygen atoms in total. The fourth-order valence-electron chi connectivity index (χ4n) is 1.31. The van der Waals surface area contributed by atoms with Gasteiger partial charge < -0.3 is 14.8 Å². The van der Waals surface area contributed by atoms with Crippen LogP contribution in [0.25, 0.3) is 0 Å². The Labute approximate surface area is 93.4 Å². The van der Waals surface area contributed by atoms with Crippen LogP contribution in [0.4, 0.5) is 0 Å². The van der Waals surface area contributed by atoms with Gasteiger partial charge in [-0.2, -0.15) is 0 Å². The zero-order valence-electron chi connectivity index (χ0n) is 9.32. The molecule has 0 saturated heterocycles. The molecule has 2 N–H and O–H groups in total. The Bertz CT molecular complexity index is 383. The van der Waals surface area contributed by atoms with Crippen molar-refractivity contribution < 1.29 is 19.1 Å². The monoisotopic (exact) mass is 225 g/mol. The van der Waals surface area contributed by atoms with Gasteiger partial charge in [-0.25, -0.2) is 0 Å².